The number of azo groups is 1. The van der Waals surface area contributed by atoms with Gasteiger partial charge in [-0.25, -0.2) is 0 Å². The van der Waals surface area contributed by atoms with Gasteiger partial charge in [0.1, 0.15) is 0 Å². The Morgan fingerprint density at radius 3 is 1.11 bits per heavy atom. The van der Waals surface area contributed by atoms with Crippen molar-refractivity contribution in [2.75, 3.05) is 0 Å². The molecular weight excluding hydrogens is 224 g/mol. The van der Waals surface area contributed by atoms with Crippen LogP contribution in [0.2, 0.25) is 0 Å². The maximum absolute atomic E-state index is 8.84. The van der Waals surface area contributed by atoms with E-state index in [4.69, 9.17) is 10.5 Å². The van der Waals surface area contributed by atoms with E-state index in [2.05, 4.69) is 22.4 Å². The molecule has 0 spiro atoms. The fourth-order valence-electron chi connectivity index (χ4n) is 0.565. The molecule has 0 amide bonds. The molecule has 18 heavy (non-hydrogen) atoms. The molecule has 4 nitrogen and oxygen atoms in total. The first-order chi connectivity index (χ1) is 6.45. The number of nitriles is 2. The van der Waals surface area contributed by atoms with E-state index in [1.54, 1.807) is 13.8 Å². The highest BCUT2D eigenvalue weighted by atomic mass is 15.2. The molecule has 0 heterocycles. The van der Waals surface area contributed by atoms with Gasteiger partial charge in [-0.2, -0.15) is 20.8 Å². The average molecular weight is 256 g/mol. The Bertz CT molecular complexity index is 268. The molecule has 0 fully saturated rings. The molecule has 0 radical (unpaired) electrons. The summed E-state index contributed by atoms with van der Waals surface area (Å²) in [6.07, 6.45) is 1.19. The second kappa shape index (κ2) is 12.0. The summed E-state index contributed by atoms with van der Waals surface area (Å²) >= 11 is 0. The van der Waals surface area contributed by atoms with Crippen LogP contribution < -0.4 is 0 Å². The van der Waals surface area contributed by atoms with Crippen LogP contribution in [-0.4, -0.2) is 11.1 Å². The van der Waals surface area contributed by atoms with Crippen LogP contribution in [0.4, 0.5) is 0 Å². The van der Waals surface area contributed by atoms with E-state index in [0.717, 1.165) is 0 Å². The van der Waals surface area contributed by atoms with E-state index < -0.39 is 11.1 Å². The fraction of sp³-hybridized carbons (Fsp3) is 0.857. The zero-order chi connectivity index (χ0) is 11.2. The van der Waals surface area contributed by atoms with Gasteiger partial charge in [-0.1, -0.05) is 43.6 Å². The molecule has 0 aliphatic heterocycles. The lowest BCUT2D eigenvalue weighted by atomic mass is 10.0. The van der Waals surface area contributed by atoms with Gasteiger partial charge in [-0.3, -0.25) is 0 Å². The van der Waals surface area contributed by atoms with Gasteiger partial charge in [0, 0.05) is 0 Å². The van der Waals surface area contributed by atoms with Crippen molar-refractivity contribution >= 4 is 0 Å². The molecule has 4 heteroatoms. The van der Waals surface area contributed by atoms with Gasteiger partial charge in [-0.15, -0.1) is 0 Å². The molecule has 0 saturated heterocycles. The highest BCUT2D eigenvalue weighted by Gasteiger charge is 2.25. The Morgan fingerprint density at radius 1 is 0.778 bits per heavy atom. The number of hydrogen-bond donors (Lipinski definition) is 0. The summed E-state index contributed by atoms with van der Waals surface area (Å²) in [6, 6.07) is 4.16. The predicted molar refractivity (Wildman–Crippen MR) is 80.4 cm³/mol. The maximum atomic E-state index is 8.84. The van der Waals surface area contributed by atoms with E-state index in [9.17, 15) is 0 Å². The summed E-state index contributed by atoms with van der Waals surface area (Å²) in [5.74, 6) is 0. The Kier molecular flexibility index (Phi) is 20.1. The summed E-state index contributed by atoms with van der Waals surface area (Å²) in [7, 11) is 0. The first-order valence-corrected chi connectivity index (χ1v) is 4.72. The minimum atomic E-state index is -0.798. The first kappa shape index (κ1) is 30.0. The van der Waals surface area contributed by atoms with Crippen LogP contribution >= 0.6 is 0 Å². The fourth-order valence-corrected chi connectivity index (χ4v) is 0.565. The van der Waals surface area contributed by atoms with E-state index >= 15 is 0 Å². The van der Waals surface area contributed by atoms with E-state index in [0.29, 0.717) is 12.8 Å². The van der Waals surface area contributed by atoms with Crippen molar-refractivity contribution < 1.29 is 0 Å². The topological polar surface area (TPSA) is 72.3 Å². The van der Waals surface area contributed by atoms with Crippen LogP contribution in [0.1, 0.15) is 70.2 Å². The summed E-state index contributed by atoms with van der Waals surface area (Å²) in [5.41, 5.74) is -1.60. The Labute approximate surface area is 115 Å². The third-order valence-electron chi connectivity index (χ3n) is 2.35. The van der Waals surface area contributed by atoms with Crippen molar-refractivity contribution in [1.82, 2.24) is 0 Å². The zero-order valence-corrected chi connectivity index (χ0v) is 9.20. The molecular formula is C14H32N4. The van der Waals surface area contributed by atoms with Crippen LogP contribution in [0, 0.1) is 22.7 Å². The quantitative estimate of drug-likeness (QED) is 0.634. The minimum Gasteiger partial charge on any atom is -0.196 e. The van der Waals surface area contributed by atoms with Crippen LogP contribution in [-0.2, 0) is 0 Å². The van der Waals surface area contributed by atoms with Crippen molar-refractivity contribution in [3.05, 3.63) is 0 Å². The van der Waals surface area contributed by atoms with Gasteiger partial charge in [0.15, 0.2) is 11.1 Å². The Morgan fingerprint density at radius 2 is 1.00 bits per heavy atom. The molecule has 2 atom stereocenters. The molecule has 0 aromatic rings. The van der Waals surface area contributed by atoms with E-state index in [1.807, 2.05) is 13.8 Å². The standard InChI is InChI=1S/C10H16N4.4CH4/c1-5-9(3,7-11)13-14-10(4,6-2)8-12;;;;/h5-6H2,1-4H3;4*1H4. The van der Waals surface area contributed by atoms with Gasteiger partial charge < -0.3 is 0 Å². The molecule has 0 bridgehead atoms. The molecule has 0 aromatic heterocycles. The summed E-state index contributed by atoms with van der Waals surface area (Å²) < 4.78 is 0. The third-order valence-corrected chi connectivity index (χ3v) is 2.35. The third kappa shape index (κ3) is 8.70. The lowest BCUT2D eigenvalue weighted by Crippen LogP contribution is -2.22. The Balaban J connectivity index is -0.000000141. The van der Waals surface area contributed by atoms with Crippen LogP contribution in [0.25, 0.3) is 0 Å². The van der Waals surface area contributed by atoms with Gasteiger partial charge in [0.05, 0.1) is 12.1 Å². The highest BCUT2D eigenvalue weighted by molar-refractivity contribution is 5.06. The maximum Gasteiger partial charge on any atom is 0.164 e. The van der Waals surface area contributed by atoms with Crippen LogP contribution in [0.15, 0.2) is 10.2 Å². The highest BCUT2D eigenvalue weighted by Crippen LogP contribution is 2.20. The lowest BCUT2D eigenvalue weighted by Gasteiger charge is -2.16. The number of nitrogens with zero attached hydrogens (tertiary/aromatic N) is 4. The molecule has 0 rings (SSSR count). The van der Waals surface area contributed by atoms with Crippen molar-refractivity contribution in [2.24, 2.45) is 10.2 Å². The summed E-state index contributed by atoms with van der Waals surface area (Å²) in [6.45, 7) is 7.17. The monoisotopic (exact) mass is 256 g/mol. The minimum absolute atomic E-state index is 0. The molecule has 108 valence electrons. The van der Waals surface area contributed by atoms with Crippen LogP contribution in [0.3, 0.4) is 0 Å². The van der Waals surface area contributed by atoms with Gasteiger partial charge >= 0.3 is 0 Å². The number of hydrogen-bond acceptors (Lipinski definition) is 4. The summed E-state index contributed by atoms with van der Waals surface area (Å²) in [4.78, 5) is 0. The van der Waals surface area contributed by atoms with Gasteiger partial charge in [0.2, 0.25) is 0 Å². The zero-order valence-electron chi connectivity index (χ0n) is 9.20. The molecule has 0 aliphatic rings. The predicted octanol–water partition coefficient (Wildman–Crippen LogP) is 5.37. The van der Waals surface area contributed by atoms with Crippen molar-refractivity contribution in [2.45, 2.75) is 81.3 Å². The lowest BCUT2D eigenvalue weighted by molar-refractivity contribution is 0.473. The normalized spacial score (nSPS) is 15.0. The van der Waals surface area contributed by atoms with Gasteiger partial charge in [-0.05, 0) is 26.7 Å². The molecule has 0 aliphatic carbocycles. The average Bonchev–Trinajstić information content (AvgIpc) is 2.25. The summed E-state index contributed by atoms with van der Waals surface area (Å²) in [5, 5.41) is 25.6. The largest absolute Gasteiger partial charge is 0.196 e. The van der Waals surface area contributed by atoms with Crippen molar-refractivity contribution in [1.29, 1.82) is 10.5 Å². The second-order valence-electron chi connectivity index (χ2n) is 3.68. The second-order valence-corrected chi connectivity index (χ2v) is 3.68. The smallest absolute Gasteiger partial charge is 0.164 e. The van der Waals surface area contributed by atoms with Crippen molar-refractivity contribution in [3.8, 4) is 12.1 Å². The van der Waals surface area contributed by atoms with Gasteiger partial charge in [0.25, 0.3) is 0 Å². The van der Waals surface area contributed by atoms with E-state index in [1.165, 1.54) is 0 Å². The Hall–Kier alpha value is -1.42. The molecule has 0 saturated carbocycles. The molecule has 2 unspecified atom stereocenters. The van der Waals surface area contributed by atoms with Crippen LogP contribution in [0.5, 0.6) is 0 Å². The molecule has 0 aromatic carbocycles. The first-order valence-electron chi connectivity index (χ1n) is 4.72. The molecule has 0 N–H and O–H groups in total. The van der Waals surface area contributed by atoms with Crippen molar-refractivity contribution in [3.63, 3.8) is 0 Å². The number of rotatable bonds is 4. The van der Waals surface area contributed by atoms with E-state index in [-0.39, 0.29) is 29.7 Å². The SMILES string of the molecule is C.C.C.C.CCC(C)(C#N)N=NC(C)(C#N)CC.